The van der Waals surface area contributed by atoms with E-state index in [0.717, 1.165) is 16.8 Å². The molecule has 0 aliphatic rings. The largest absolute Gasteiger partial charge is 0.243 e. The summed E-state index contributed by atoms with van der Waals surface area (Å²) in [5.74, 6) is 0. The van der Waals surface area contributed by atoms with Gasteiger partial charge in [-0.05, 0) is 23.3 Å². The van der Waals surface area contributed by atoms with Crippen LogP contribution in [0.5, 0.6) is 0 Å². The maximum absolute atomic E-state index is 9.23. The first-order valence-corrected chi connectivity index (χ1v) is 7.25. The zero-order valence-electron chi connectivity index (χ0n) is 11.8. The summed E-state index contributed by atoms with van der Waals surface area (Å²) in [6, 6.07) is 19.7. The Hall–Kier alpha value is -2.64. The molecule has 0 atom stereocenters. The third-order valence-electron chi connectivity index (χ3n) is 3.38. The number of hydrogen-bond donors (Lipinski definition) is 0. The minimum absolute atomic E-state index is 0.367. The molecule has 1 heterocycles. The van der Waals surface area contributed by atoms with Crippen LogP contribution in [0.3, 0.4) is 0 Å². The Kier molecular flexibility index (Phi) is 4.17. The van der Waals surface area contributed by atoms with Crippen LogP contribution in [-0.4, -0.2) is 15.0 Å². The fraction of sp³-hybridized carbons (Fsp3) is 0.118. The standard InChI is InChI=1S/C17H13ClN4/c18-15-8-4-7-14(9-15)12-22-17(16(11-19)20-21-22)10-13-5-2-1-3-6-13/h1-9H,10,12H2. The molecule has 3 rings (SSSR count). The molecule has 0 fully saturated rings. The Morgan fingerprint density at radius 2 is 1.82 bits per heavy atom. The van der Waals surface area contributed by atoms with Gasteiger partial charge >= 0.3 is 0 Å². The Labute approximate surface area is 133 Å². The Morgan fingerprint density at radius 1 is 1.05 bits per heavy atom. The molecule has 4 nitrogen and oxygen atoms in total. The van der Waals surface area contributed by atoms with Crippen molar-refractivity contribution in [3.63, 3.8) is 0 Å². The first-order chi connectivity index (χ1) is 10.8. The second-order valence-corrected chi connectivity index (χ2v) is 5.38. The SMILES string of the molecule is N#Cc1nnn(Cc2cccc(Cl)c2)c1Cc1ccccc1. The average molecular weight is 309 g/mol. The van der Waals surface area contributed by atoms with Crippen LogP contribution in [0.15, 0.2) is 54.6 Å². The fourth-order valence-electron chi connectivity index (χ4n) is 2.32. The number of nitriles is 1. The Balaban J connectivity index is 1.92. The minimum Gasteiger partial charge on any atom is -0.243 e. The maximum atomic E-state index is 9.23. The second kappa shape index (κ2) is 6.42. The lowest BCUT2D eigenvalue weighted by Gasteiger charge is -2.07. The molecule has 5 heteroatoms. The van der Waals surface area contributed by atoms with Crippen LogP contribution in [0.2, 0.25) is 5.02 Å². The van der Waals surface area contributed by atoms with Crippen LogP contribution in [0.1, 0.15) is 22.5 Å². The number of rotatable bonds is 4. The van der Waals surface area contributed by atoms with Gasteiger partial charge in [-0.3, -0.25) is 0 Å². The van der Waals surface area contributed by atoms with Crippen molar-refractivity contribution < 1.29 is 0 Å². The first kappa shape index (κ1) is 14.3. The molecule has 0 unspecified atom stereocenters. The molecule has 1 aromatic heterocycles. The van der Waals surface area contributed by atoms with Crippen molar-refractivity contribution in [3.05, 3.63) is 82.1 Å². The highest BCUT2D eigenvalue weighted by Crippen LogP contribution is 2.16. The van der Waals surface area contributed by atoms with E-state index in [2.05, 4.69) is 16.4 Å². The molecule has 0 radical (unpaired) electrons. The van der Waals surface area contributed by atoms with Gasteiger partial charge in [-0.25, -0.2) is 4.68 Å². The average Bonchev–Trinajstić information content (AvgIpc) is 2.90. The molecule has 0 saturated heterocycles. The summed E-state index contributed by atoms with van der Waals surface area (Å²) >= 11 is 6.02. The van der Waals surface area contributed by atoms with Crippen LogP contribution in [0.4, 0.5) is 0 Å². The van der Waals surface area contributed by atoms with Gasteiger partial charge in [-0.15, -0.1) is 5.10 Å². The van der Waals surface area contributed by atoms with Crippen LogP contribution >= 0.6 is 11.6 Å². The van der Waals surface area contributed by atoms with Gasteiger partial charge in [0.05, 0.1) is 12.2 Å². The predicted octanol–water partition coefficient (Wildman–Crippen LogP) is 3.44. The molecule has 0 spiro atoms. The van der Waals surface area contributed by atoms with Gasteiger partial charge in [0, 0.05) is 11.4 Å². The predicted molar refractivity (Wildman–Crippen MR) is 84.5 cm³/mol. The van der Waals surface area contributed by atoms with Crippen molar-refractivity contribution in [2.24, 2.45) is 0 Å². The van der Waals surface area contributed by atoms with Gasteiger partial charge < -0.3 is 0 Å². The summed E-state index contributed by atoms with van der Waals surface area (Å²) in [5, 5.41) is 18.0. The Morgan fingerprint density at radius 3 is 2.55 bits per heavy atom. The van der Waals surface area contributed by atoms with Gasteiger partial charge in [0.1, 0.15) is 6.07 Å². The molecule has 3 aromatic rings. The highest BCUT2D eigenvalue weighted by Gasteiger charge is 2.13. The van der Waals surface area contributed by atoms with Crippen molar-refractivity contribution in [2.45, 2.75) is 13.0 Å². The molecule has 0 aliphatic carbocycles. The van der Waals surface area contributed by atoms with Gasteiger partial charge in [0.2, 0.25) is 0 Å². The molecule has 0 bridgehead atoms. The highest BCUT2D eigenvalue weighted by molar-refractivity contribution is 6.30. The third-order valence-corrected chi connectivity index (χ3v) is 3.61. The summed E-state index contributed by atoms with van der Waals surface area (Å²) in [5.41, 5.74) is 3.32. The van der Waals surface area contributed by atoms with Crippen molar-refractivity contribution in [3.8, 4) is 6.07 Å². The smallest absolute Gasteiger partial charge is 0.186 e. The monoisotopic (exact) mass is 308 g/mol. The molecule has 0 N–H and O–H groups in total. The van der Waals surface area contributed by atoms with Crippen molar-refractivity contribution in [1.29, 1.82) is 5.26 Å². The fourth-order valence-corrected chi connectivity index (χ4v) is 2.53. The van der Waals surface area contributed by atoms with Crippen molar-refractivity contribution in [1.82, 2.24) is 15.0 Å². The summed E-state index contributed by atoms with van der Waals surface area (Å²) in [7, 11) is 0. The van der Waals surface area contributed by atoms with Crippen LogP contribution < -0.4 is 0 Å². The Bertz CT molecular complexity index is 818. The van der Waals surface area contributed by atoms with E-state index in [1.807, 2.05) is 54.6 Å². The van der Waals surface area contributed by atoms with Crippen LogP contribution in [0, 0.1) is 11.3 Å². The zero-order valence-corrected chi connectivity index (χ0v) is 12.5. The molecular formula is C17H13ClN4. The topological polar surface area (TPSA) is 54.5 Å². The molecule has 108 valence electrons. The third kappa shape index (κ3) is 3.16. The first-order valence-electron chi connectivity index (χ1n) is 6.87. The lowest BCUT2D eigenvalue weighted by Crippen LogP contribution is -2.07. The summed E-state index contributed by atoms with van der Waals surface area (Å²) in [4.78, 5) is 0. The van der Waals surface area contributed by atoms with E-state index in [9.17, 15) is 5.26 Å². The minimum atomic E-state index is 0.367. The lowest BCUT2D eigenvalue weighted by molar-refractivity contribution is 0.625. The van der Waals surface area contributed by atoms with Gasteiger partial charge in [-0.2, -0.15) is 5.26 Å². The van der Waals surface area contributed by atoms with Crippen LogP contribution in [0.25, 0.3) is 0 Å². The van der Waals surface area contributed by atoms with Crippen molar-refractivity contribution >= 4 is 11.6 Å². The van der Waals surface area contributed by atoms with E-state index >= 15 is 0 Å². The van der Waals surface area contributed by atoms with E-state index in [1.165, 1.54) is 0 Å². The quantitative estimate of drug-likeness (QED) is 0.742. The normalized spacial score (nSPS) is 10.4. The molecule has 2 aromatic carbocycles. The second-order valence-electron chi connectivity index (χ2n) is 4.95. The summed E-state index contributed by atoms with van der Waals surface area (Å²) < 4.78 is 1.76. The number of nitrogens with zero attached hydrogens (tertiary/aromatic N) is 4. The van der Waals surface area contributed by atoms with Crippen molar-refractivity contribution in [2.75, 3.05) is 0 Å². The number of halogens is 1. The summed E-state index contributed by atoms with van der Waals surface area (Å²) in [6.45, 7) is 0.539. The van der Waals surface area contributed by atoms with E-state index in [0.29, 0.717) is 23.7 Å². The van der Waals surface area contributed by atoms with E-state index in [4.69, 9.17) is 11.6 Å². The maximum Gasteiger partial charge on any atom is 0.186 e. The molecule has 22 heavy (non-hydrogen) atoms. The van der Waals surface area contributed by atoms with Gasteiger partial charge in [0.25, 0.3) is 0 Å². The number of aromatic nitrogens is 3. The summed E-state index contributed by atoms with van der Waals surface area (Å²) in [6.07, 6.45) is 0.622. The van der Waals surface area contributed by atoms with E-state index < -0.39 is 0 Å². The van der Waals surface area contributed by atoms with Crippen LogP contribution in [-0.2, 0) is 13.0 Å². The molecule has 0 aliphatic heterocycles. The molecular weight excluding hydrogens is 296 g/mol. The van der Waals surface area contributed by atoms with E-state index in [-0.39, 0.29) is 0 Å². The number of benzene rings is 2. The highest BCUT2D eigenvalue weighted by atomic mass is 35.5. The van der Waals surface area contributed by atoms with Gasteiger partial charge in [-0.1, -0.05) is 59.3 Å². The van der Waals surface area contributed by atoms with Gasteiger partial charge in [0.15, 0.2) is 5.69 Å². The molecule has 0 saturated carbocycles. The molecule has 0 amide bonds. The number of hydrogen-bond acceptors (Lipinski definition) is 3. The zero-order chi connectivity index (χ0) is 15.4. The lowest BCUT2D eigenvalue weighted by atomic mass is 10.1. The van der Waals surface area contributed by atoms with E-state index in [1.54, 1.807) is 4.68 Å².